The van der Waals surface area contributed by atoms with Crippen molar-refractivity contribution in [1.29, 1.82) is 0 Å². The summed E-state index contributed by atoms with van der Waals surface area (Å²) in [6.45, 7) is -0.534. The second-order valence-corrected chi connectivity index (χ2v) is 7.72. The van der Waals surface area contributed by atoms with Gasteiger partial charge in [-0.1, -0.05) is 0 Å². The lowest BCUT2D eigenvalue weighted by molar-refractivity contribution is -0.121. The zero-order valence-electron chi connectivity index (χ0n) is 18.6. The Hall–Kier alpha value is -4.77. The molecule has 3 amide bonds. The van der Waals surface area contributed by atoms with Crippen LogP contribution in [0.5, 0.6) is 0 Å². The minimum atomic E-state index is -0.972. The van der Waals surface area contributed by atoms with Crippen LogP contribution >= 0.6 is 0 Å². The van der Waals surface area contributed by atoms with E-state index < -0.39 is 47.9 Å². The molecule has 0 aliphatic carbocycles. The smallest absolute Gasteiger partial charge is 0.338 e. The number of esters is 1. The molecule has 1 atom stereocenters. The number of ether oxygens (including phenoxy) is 1. The summed E-state index contributed by atoms with van der Waals surface area (Å²) in [6.07, 6.45) is 2.69. The van der Waals surface area contributed by atoms with Crippen molar-refractivity contribution in [3.05, 3.63) is 95.6 Å². The molecule has 0 bridgehead atoms. The molecule has 36 heavy (non-hydrogen) atoms. The molecule has 10 nitrogen and oxygen atoms in total. The Morgan fingerprint density at radius 3 is 2.33 bits per heavy atom. The Morgan fingerprint density at radius 2 is 1.67 bits per heavy atom. The van der Waals surface area contributed by atoms with E-state index in [2.05, 4.69) is 15.8 Å². The summed E-state index contributed by atoms with van der Waals surface area (Å²) in [5.74, 6) is -3.35. The molecule has 2 heterocycles. The van der Waals surface area contributed by atoms with Gasteiger partial charge in [-0.3, -0.25) is 29.6 Å². The van der Waals surface area contributed by atoms with Crippen LogP contribution in [0.2, 0.25) is 0 Å². The highest BCUT2D eigenvalue weighted by molar-refractivity contribution is 6.22. The molecule has 1 aliphatic rings. The highest BCUT2D eigenvalue weighted by Gasteiger charge is 2.39. The van der Waals surface area contributed by atoms with Crippen LogP contribution in [0, 0.1) is 5.82 Å². The summed E-state index contributed by atoms with van der Waals surface area (Å²) in [4.78, 5) is 66.5. The molecule has 2 aromatic carbocycles. The van der Waals surface area contributed by atoms with Crippen LogP contribution in [-0.4, -0.2) is 47.1 Å². The van der Waals surface area contributed by atoms with Crippen molar-refractivity contribution in [1.82, 2.24) is 15.8 Å². The number of pyridine rings is 1. The van der Waals surface area contributed by atoms with E-state index in [1.54, 1.807) is 12.1 Å². The topological polar surface area (TPSA) is 135 Å². The zero-order valence-corrected chi connectivity index (χ0v) is 18.6. The first-order chi connectivity index (χ1) is 17.3. The number of hydrogen-bond acceptors (Lipinski definition) is 8. The summed E-state index contributed by atoms with van der Waals surface area (Å²) in [6, 6.07) is 12.5. The van der Waals surface area contributed by atoms with Gasteiger partial charge in [0.2, 0.25) is 5.91 Å². The number of amides is 3. The second kappa shape index (κ2) is 10.7. The summed E-state index contributed by atoms with van der Waals surface area (Å²) in [7, 11) is 0. The summed E-state index contributed by atoms with van der Waals surface area (Å²) < 4.78 is 18.0. The van der Waals surface area contributed by atoms with Crippen LogP contribution < -0.4 is 15.8 Å². The van der Waals surface area contributed by atoms with E-state index in [1.165, 1.54) is 48.8 Å². The largest absolute Gasteiger partial charge is 0.454 e. The number of hydrogen-bond donors (Lipinski definition) is 2. The van der Waals surface area contributed by atoms with Crippen molar-refractivity contribution < 1.29 is 33.1 Å². The number of nitrogens with one attached hydrogen (secondary N) is 2. The van der Waals surface area contributed by atoms with Crippen LogP contribution in [0.15, 0.2) is 73.1 Å². The maximum atomic E-state index is 13.0. The van der Waals surface area contributed by atoms with E-state index in [-0.39, 0.29) is 28.8 Å². The molecule has 0 radical (unpaired) electrons. The first kappa shape index (κ1) is 24.4. The molecule has 1 fully saturated rings. The van der Waals surface area contributed by atoms with Gasteiger partial charge in [-0.2, -0.15) is 0 Å². The Bertz CT molecular complexity index is 1310. The van der Waals surface area contributed by atoms with E-state index >= 15 is 0 Å². The molecule has 4 rings (SSSR count). The number of rotatable bonds is 8. The fraction of sp³-hybridized carbons (Fsp3) is 0.120. The van der Waals surface area contributed by atoms with Gasteiger partial charge in [0.05, 0.1) is 23.2 Å². The van der Waals surface area contributed by atoms with Gasteiger partial charge >= 0.3 is 5.97 Å². The number of carbonyl (C=O) groups is 5. The van der Waals surface area contributed by atoms with Gasteiger partial charge in [-0.05, 0) is 60.7 Å². The Balaban J connectivity index is 1.33. The van der Waals surface area contributed by atoms with Gasteiger partial charge in [0.1, 0.15) is 11.9 Å². The van der Waals surface area contributed by atoms with Gasteiger partial charge in [-0.25, -0.2) is 19.5 Å². The fourth-order valence-electron chi connectivity index (χ4n) is 3.42. The molecule has 3 aromatic rings. The van der Waals surface area contributed by atoms with Crippen molar-refractivity contribution in [2.24, 2.45) is 0 Å². The van der Waals surface area contributed by atoms with Crippen LogP contribution in [0.25, 0.3) is 0 Å². The molecular formula is C25H19FN4O6. The van der Waals surface area contributed by atoms with Crippen LogP contribution in [-0.2, 0) is 14.3 Å². The standard InChI is InChI=1S/C25H19FN4O6/c26-18-7-3-15(4-8-18)21(31)14-36-25(35)16-5-9-19(10-6-16)30-22(32)12-20(24(30)34)28-29-23(33)17-2-1-11-27-13-17/h1-11,13,20,28H,12,14H2,(H,29,33). The Kier molecular flexibility index (Phi) is 7.21. The van der Waals surface area contributed by atoms with Crippen molar-refractivity contribution in [2.45, 2.75) is 12.5 Å². The molecular weight excluding hydrogens is 471 g/mol. The number of ketones is 1. The highest BCUT2D eigenvalue weighted by Crippen LogP contribution is 2.23. The molecule has 1 saturated heterocycles. The molecule has 182 valence electrons. The summed E-state index contributed by atoms with van der Waals surface area (Å²) >= 11 is 0. The number of imide groups is 1. The third-order valence-electron chi connectivity index (χ3n) is 5.29. The number of benzene rings is 2. The molecule has 11 heteroatoms. The maximum absolute atomic E-state index is 13.0. The molecule has 1 aliphatic heterocycles. The predicted octanol–water partition coefficient (Wildman–Crippen LogP) is 1.83. The van der Waals surface area contributed by atoms with Crippen LogP contribution in [0.1, 0.15) is 37.5 Å². The van der Waals surface area contributed by atoms with Gasteiger partial charge in [-0.15, -0.1) is 0 Å². The third-order valence-corrected chi connectivity index (χ3v) is 5.29. The van der Waals surface area contributed by atoms with Crippen LogP contribution in [0.3, 0.4) is 0 Å². The van der Waals surface area contributed by atoms with Crippen molar-refractivity contribution in [2.75, 3.05) is 11.5 Å². The fourth-order valence-corrected chi connectivity index (χ4v) is 3.42. The first-order valence-corrected chi connectivity index (χ1v) is 10.7. The Labute approximate surface area is 204 Å². The van der Waals surface area contributed by atoms with Crippen molar-refractivity contribution in [3.8, 4) is 0 Å². The lowest BCUT2D eigenvalue weighted by Gasteiger charge is -2.16. The van der Waals surface area contributed by atoms with E-state index in [0.29, 0.717) is 0 Å². The summed E-state index contributed by atoms with van der Waals surface area (Å²) in [5, 5.41) is 0. The van der Waals surface area contributed by atoms with Gasteiger partial charge in [0, 0.05) is 18.0 Å². The molecule has 0 spiro atoms. The van der Waals surface area contributed by atoms with Gasteiger partial charge in [0.15, 0.2) is 12.4 Å². The number of hydrazine groups is 1. The van der Waals surface area contributed by atoms with E-state index in [4.69, 9.17) is 4.74 Å². The third kappa shape index (κ3) is 5.47. The monoisotopic (exact) mass is 490 g/mol. The maximum Gasteiger partial charge on any atom is 0.338 e. The Morgan fingerprint density at radius 1 is 0.972 bits per heavy atom. The average molecular weight is 490 g/mol. The number of aromatic nitrogens is 1. The molecule has 0 saturated carbocycles. The first-order valence-electron chi connectivity index (χ1n) is 10.7. The van der Waals surface area contributed by atoms with Gasteiger partial charge in [0.25, 0.3) is 11.8 Å². The second-order valence-electron chi connectivity index (χ2n) is 7.72. The molecule has 1 unspecified atom stereocenters. The SMILES string of the molecule is O=C(COC(=O)c1ccc(N2C(=O)CC(NNC(=O)c3cccnc3)C2=O)cc1)c1ccc(F)cc1. The molecule has 2 N–H and O–H groups in total. The number of carbonyl (C=O) groups excluding carboxylic acids is 5. The summed E-state index contributed by atoms with van der Waals surface area (Å²) in [5.41, 5.74) is 5.76. The number of Topliss-reactive ketones (excluding diaryl/α,β-unsaturated/α-hetero) is 1. The van der Waals surface area contributed by atoms with E-state index in [1.807, 2.05) is 0 Å². The highest BCUT2D eigenvalue weighted by atomic mass is 19.1. The normalized spacial score (nSPS) is 15.0. The average Bonchev–Trinajstić information content (AvgIpc) is 3.19. The van der Waals surface area contributed by atoms with Crippen molar-refractivity contribution >= 4 is 35.2 Å². The van der Waals surface area contributed by atoms with Crippen molar-refractivity contribution in [3.63, 3.8) is 0 Å². The molecule has 1 aromatic heterocycles. The zero-order chi connectivity index (χ0) is 25.7. The van der Waals surface area contributed by atoms with Gasteiger partial charge < -0.3 is 4.74 Å². The lowest BCUT2D eigenvalue weighted by atomic mass is 10.1. The number of anilines is 1. The minimum absolute atomic E-state index is 0.100. The van der Waals surface area contributed by atoms with E-state index in [9.17, 15) is 28.4 Å². The van der Waals surface area contributed by atoms with Crippen LogP contribution in [0.4, 0.5) is 10.1 Å². The number of halogens is 1. The minimum Gasteiger partial charge on any atom is -0.454 e. The predicted molar refractivity (Wildman–Crippen MR) is 123 cm³/mol. The van der Waals surface area contributed by atoms with E-state index in [0.717, 1.165) is 17.0 Å². The number of nitrogens with zero attached hydrogens (tertiary/aromatic N) is 2. The quantitative estimate of drug-likeness (QED) is 0.211. The lowest BCUT2D eigenvalue weighted by Crippen LogP contribution is -2.48.